The number of hydrogen-bond acceptors (Lipinski definition) is 9. The molecular weight excluding hydrogens is 793 g/mol. The lowest BCUT2D eigenvalue weighted by Crippen LogP contribution is -2.69. The first-order valence-electron chi connectivity index (χ1n) is 22.1. The molecular formula is C53H56N2O8. The van der Waals surface area contributed by atoms with E-state index in [2.05, 4.69) is 12.7 Å². The van der Waals surface area contributed by atoms with Gasteiger partial charge in [-0.25, -0.2) is 0 Å². The zero-order chi connectivity index (χ0) is 43.8. The Hall–Kier alpha value is -6.07. The summed E-state index contributed by atoms with van der Waals surface area (Å²) in [5.74, 6) is -0.453. The molecule has 1 heterocycles. The van der Waals surface area contributed by atoms with Crippen molar-refractivity contribution in [2.75, 3.05) is 26.9 Å². The molecule has 10 nitrogen and oxygen atoms in total. The summed E-state index contributed by atoms with van der Waals surface area (Å²) in [5, 5.41) is 26.9. The third kappa shape index (κ3) is 9.21. The molecule has 326 valence electrons. The molecule has 2 aliphatic carbocycles. The number of unbranched alkanes of at least 4 members (excludes halogenated alkanes) is 2. The fraction of sp³-hybridized carbons (Fsp3) is 0.340. The summed E-state index contributed by atoms with van der Waals surface area (Å²) in [7, 11) is 1.82. The number of carbonyl (C=O) groups excluding carboxylic acids is 2. The lowest BCUT2D eigenvalue weighted by molar-refractivity contribution is -0.252. The number of aldehydes is 1. The number of fused-ring (bicyclic) bond motifs is 3. The van der Waals surface area contributed by atoms with E-state index in [-0.39, 0.29) is 56.5 Å². The van der Waals surface area contributed by atoms with Gasteiger partial charge in [-0.1, -0.05) is 103 Å². The molecule has 1 amide bonds. The average Bonchev–Trinajstić information content (AvgIpc) is 3.32. The second-order valence-corrected chi connectivity index (χ2v) is 16.8. The summed E-state index contributed by atoms with van der Waals surface area (Å²) in [5.41, 5.74) is 4.62. The topological polar surface area (TPSA) is 127 Å². The molecule has 0 aromatic heterocycles. The van der Waals surface area contributed by atoms with E-state index in [1.165, 1.54) is 0 Å². The highest BCUT2D eigenvalue weighted by atomic mass is 16.7. The van der Waals surface area contributed by atoms with Crippen LogP contribution in [0.15, 0.2) is 145 Å². The van der Waals surface area contributed by atoms with Crippen LogP contribution in [0.25, 0.3) is 10.8 Å². The summed E-state index contributed by atoms with van der Waals surface area (Å²) < 4.78 is 20.9. The Kier molecular flexibility index (Phi) is 13.8. The van der Waals surface area contributed by atoms with E-state index in [9.17, 15) is 19.8 Å². The van der Waals surface area contributed by atoms with Crippen molar-refractivity contribution in [1.29, 1.82) is 0 Å². The average molecular weight is 849 g/mol. The van der Waals surface area contributed by atoms with Gasteiger partial charge >= 0.3 is 0 Å². The lowest BCUT2D eigenvalue weighted by Gasteiger charge is -2.59. The van der Waals surface area contributed by atoms with Crippen LogP contribution in [-0.4, -0.2) is 71.7 Å². The van der Waals surface area contributed by atoms with Crippen molar-refractivity contribution in [2.45, 2.75) is 69.3 Å². The van der Waals surface area contributed by atoms with Gasteiger partial charge in [-0.05, 0) is 102 Å². The molecule has 5 aromatic carbocycles. The van der Waals surface area contributed by atoms with Gasteiger partial charge in [-0.15, -0.1) is 6.58 Å². The SMILES string of the molecule is C=CCOC12Oc3ccc(Oc4cccc(C=O)c4)cc3C3C(CCCCO)C(CCCCO)C=C(C(=NOCc4ccccc4)CC1N(C)C(=O)c1ccc4ccccc4c1)C32. The van der Waals surface area contributed by atoms with Crippen molar-refractivity contribution in [3.05, 3.63) is 162 Å². The van der Waals surface area contributed by atoms with Crippen LogP contribution in [0.4, 0.5) is 0 Å². The predicted molar refractivity (Wildman–Crippen MR) is 244 cm³/mol. The highest BCUT2D eigenvalue weighted by Crippen LogP contribution is 2.62. The number of aliphatic hydroxyl groups is 2. The summed E-state index contributed by atoms with van der Waals surface area (Å²) in [6, 6.07) is 35.8. The van der Waals surface area contributed by atoms with Crippen LogP contribution < -0.4 is 9.47 Å². The molecule has 0 spiro atoms. The molecule has 8 rings (SSSR count). The third-order valence-corrected chi connectivity index (χ3v) is 12.9. The molecule has 0 bridgehead atoms. The van der Waals surface area contributed by atoms with E-state index in [1.807, 2.05) is 104 Å². The van der Waals surface area contributed by atoms with Gasteiger partial charge in [0.25, 0.3) is 5.91 Å². The van der Waals surface area contributed by atoms with Crippen LogP contribution >= 0.6 is 0 Å². The number of nitrogens with zero attached hydrogens (tertiary/aromatic N) is 2. The second kappa shape index (κ2) is 20.0. The Morgan fingerprint density at radius 3 is 2.41 bits per heavy atom. The minimum Gasteiger partial charge on any atom is -0.459 e. The molecule has 10 heteroatoms. The van der Waals surface area contributed by atoms with Crippen molar-refractivity contribution in [3.8, 4) is 17.2 Å². The Balaban J connectivity index is 1.31. The normalized spacial score (nSPS) is 22.9. The maximum atomic E-state index is 14.9. The summed E-state index contributed by atoms with van der Waals surface area (Å²) in [6.07, 6.45) is 9.67. The van der Waals surface area contributed by atoms with Crippen LogP contribution in [0.2, 0.25) is 0 Å². The summed E-state index contributed by atoms with van der Waals surface area (Å²) >= 11 is 0. The van der Waals surface area contributed by atoms with Gasteiger partial charge in [-0.2, -0.15) is 0 Å². The van der Waals surface area contributed by atoms with Crippen LogP contribution in [0.3, 0.4) is 0 Å². The molecule has 3 aliphatic rings. The van der Waals surface area contributed by atoms with E-state index in [0.717, 1.165) is 59.4 Å². The number of oxime groups is 1. The number of benzene rings is 5. The Morgan fingerprint density at radius 2 is 1.63 bits per heavy atom. The molecule has 6 unspecified atom stereocenters. The van der Waals surface area contributed by atoms with Crippen LogP contribution in [0.5, 0.6) is 17.2 Å². The number of likely N-dealkylation sites (N-methyl/N-ethyl adjacent to an activating group) is 1. The number of aliphatic hydroxyl groups excluding tert-OH is 2. The zero-order valence-corrected chi connectivity index (χ0v) is 35.8. The highest BCUT2D eigenvalue weighted by Gasteiger charge is 2.65. The van der Waals surface area contributed by atoms with Crippen molar-refractivity contribution >= 4 is 28.7 Å². The largest absolute Gasteiger partial charge is 0.459 e. The molecule has 63 heavy (non-hydrogen) atoms. The van der Waals surface area contributed by atoms with Gasteiger partial charge in [0.1, 0.15) is 36.2 Å². The van der Waals surface area contributed by atoms with E-state index >= 15 is 0 Å². The Bertz CT molecular complexity index is 2470. The fourth-order valence-corrected chi connectivity index (χ4v) is 10.0. The molecule has 0 saturated heterocycles. The molecule has 1 saturated carbocycles. The Morgan fingerprint density at radius 1 is 0.873 bits per heavy atom. The van der Waals surface area contributed by atoms with Gasteiger partial charge in [0.05, 0.1) is 18.2 Å². The van der Waals surface area contributed by atoms with Crippen LogP contribution in [-0.2, 0) is 16.2 Å². The number of amides is 1. The first kappa shape index (κ1) is 43.6. The summed E-state index contributed by atoms with van der Waals surface area (Å²) in [6.45, 7) is 4.64. The number of ether oxygens (including phenoxy) is 3. The number of allylic oxidation sites excluding steroid dienone is 1. The number of carbonyl (C=O) groups is 2. The van der Waals surface area contributed by atoms with E-state index in [1.54, 1.807) is 29.2 Å². The smallest absolute Gasteiger partial charge is 0.254 e. The maximum absolute atomic E-state index is 14.9. The van der Waals surface area contributed by atoms with Crippen molar-refractivity contribution in [2.24, 2.45) is 22.9 Å². The van der Waals surface area contributed by atoms with E-state index in [4.69, 9.17) is 24.2 Å². The first-order valence-corrected chi connectivity index (χ1v) is 22.1. The van der Waals surface area contributed by atoms with Crippen LogP contribution in [0, 0.1) is 17.8 Å². The lowest BCUT2D eigenvalue weighted by atomic mass is 9.55. The second-order valence-electron chi connectivity index (χ2n) is 16.8. The number of hydrogen-bond donors (Lipinski definition) is 2. The minimum absolute atomic E-state index is 0.0405. The van der Waals surface area contributed by atoms with Gasteiger partial charge in [-0.3, -0.25) is 9.59 Å². The standard InChI is InChI=1S/C53H56N2O8/c1-3-28-60-53-49(55(2)52(59)41-23-22-38-17-7-8-18-39(38)30-41)33-47(54-61-35-36-14-5-4-6-15-36)45-31-40(19-9-11-26-56)44(21-10-12-27-57)50(51(45)53)46-32-43(24-25-48(46)63-53)62-42-20-13-16-37(29-42)34-58/h3-8,13-18,20,22-25,29-32,34,40,44,49-51,56-57H,1,9-12,19,21,26-28,33,35H2,2H3. The molecule has 2 N–H and O–H groups in total. The maximum Gasteiger partial charge on any atom is 0.254 e. The first-order chi connectivity index (χ1) is 30.9. The molecule has 1 aliphatic heterocycles. The van der Waals surface area contributed by atoms with E-state index < -0.39 is 17.7 Å². The highest BCUT2D eigenvalue weighted by molar-refractivity contribution is 6.04. The van der Waals surface area contributed by atoms with Crippen molar-refractivity contribution in [3.63, 3.8) is 0 Å². The van der Waals surface area contributed by atoms with Gasteiger partial charge < -0.3 is 34.2 Å². The third-order valence-electron chi connectivity index (χ3n) is 12.9. The molecule has 6 atom stereocenters. The fourth-order valence-electron chi connectivity index (χ4n) is 10.0. The van der Waals surface area contributed by atoms with Crippen LogP contribution in [0.1, 0.15) is 82.7 Å². The van der Waals surface area contributed by atoms with E-state index in [0.29, 0.717) is 46.9 Å². The van der Waals surface area contributed by atoms with Crippen molar-refractivity contribution in [1.82, 2.24) is 4.90 Å². The molecule has 1 fully saturated rings. The zero-order valence-electron chi connectivity index (χ0n) is 35.8. The Labute approximate surface area is 369 Å². The predicted octanol–water partition coefficient (Wildman–Crippen LogP) is 10.1. The molecule has 0 radical (unpaired) electrons. The van der Waals surface area contributed by atoms with Gasteiger partial charge in [0.2, 0.25) is 5.79 Å². The quantitative estimate of drug-likeness (QED) is 0.0364. The molecule has 5 aromatic rings. The number of rotatable bonds is 19. The van der Waals surface area contributed by atoms with Crippen molar-refractivity contribution < 1.29 is 38.9 Å². The summed E-state index contributed by atoms with van der Waals surface area (Å²) in [4.78, 5) is 34.6. The van der Waals surface area contributed by atoms with Gasteiger partial charge in [0, 0.05) is 49.3 Å². The minimum atomic E-state index is -1.40. The monoisotopic (exact) mass is 848 g/mol. The van der Waals surface area contributed by atoms with Gasteiger partial charge in [0.15, 0.2) is 0 Å².